The van der Waals surface area contributed by atoms with Crippen LogP contribution in [0.15, 0.2) is 34.9 Å². The predicted octanol–water partition coefficient (Wildman–Crippen LogP) is 2.90. The number of aryl methyl sites for hydroxylation is 2. The number of amides is 1. The summed E-state index contributed by atoms with van der Waals surface area (Å²) in [5.74, 6) is 1.41. The van der Waals surface area contributed by atoms with Crippen LogP contribution in [0, 0.1) is 6.92 Å². The summed E-state index contributed by atoms with van der Waals surface area (Å²) in [5, 5.41) is 6.25. The molecule has 1 aliphatic rings. The van der Waals surface area contributed by atoms with Crippen LogP contribution in [0.2, 0.25) is 0 Å². The lowest BCUT2D eigenvalue weighted by atomic mass is 10.1. The minimum absolute atomic E-state index is 0. The third kappa shape index (κ3) is 5.51. The van der Waals surface area contributed by atoms with Crippen molar-refractivity contribution in [3.63, 3.8) is 0 Å². The number of aromatic nitrogens is 1. The van der Waals surface area contributed by atoms with Crippen LogP contribution in [0.25, 0.3) is 11.3 Å². The number of halogens is 2. The summed E-state index contributed by atoms with van der Waals surface area (Å²) >= 11 is 0. The van der Waals surface area contributed by atoms with Crippen LogP contribution in [-0.2, 0) is 11.2 Å². The Balaban J connectivity index is 0.00000144. The second-order valence-corrected chi connectivity index (χ2v) is 5.74. The molecule has 2 N–H and O–H groups in total. The van der Waals surface area contributed by atoms with Crippen molar-refractivity contribution >= 4 is 30.7 Å². The fraction of sp³-hybridized carbons (Fsp3) is 0.412. The van der Waals surface area contributed by atoms with E-state index in [2.05, 4.69) is 15.6 Å². The normalized spacial score (nSPS) is 16.1. The van der Waals surface area contributed by atoms with Crippen molar-refractivity contribution in [3.05, 3.63) is 41.9 Å². The number of oxazole rings is 1. The maximum Gasteiger partial charge on any atom is 0.220 e. The van der Waals surface area contributed by atoms with Gasteiger partial charge in [0.25, 0.3) is 0 Å². The van der Waals surface area contributed by atoms with Gasteiger partial charge in [-0.05, 0) is 19.9 Å². The van der Waals surface area contributed by atoms with Gasteiger partial charge in [-0.15, -0.1) is 24.8 Å². The summed E-state index contributed by atoms with van der Waals surface area (Å²) in [7, 11) is 0. The molecule has 3 rings (SSSR count). The average Bonchev–Trinajstić information content (AvgIpc) is 3.17. The van der Waals surface area contributed by atoms with Gasteiger partial charge in [0.2, 0.25) is 5.91 Å². The molecule has 1 amide bonds. The second-order valence-electron chi connectivity index (χ2n) is 5.74. The maximum absolute atomic E-state index is 11.9. The van der Waals surface area contributed by atoms with Crippen molar-refractivity contribution in [2.75, 3.05) is 13.1 Å². The van der Waals surface area contributed by atoms with Gasteiger partial charge in [-0.2, -0.15) is 0 Å². The molecule has 0 spiro atoms. The summed E-state index contributed by atoms with van der Waals surface area (Å²) < 4.78 is 5.73. The van der Waals surface area contributed by atoms with Crippen LogP contribution < -0.4 is 10.6 Å². The zero-order valence-electron chi connectivity index (χ0n) is 13.6. The van der Waals surface area contributed by atoms with E-state index in [0.717, 1.165) is 30.8 Å². The summed E-state index contributed by atoms with van der Waals surface area (Å²) in [6, 6.07) is 8.38. The van der Waals surface area contributed by atoms with Gasteiger partial charge in [-0.25, -0.2) is 4.98 Å². The average molecular weight is 372 g/mol. The van der Waals surface area contributed by atoms with E-state index in [4.69, 9.17) is 4.42 Å². The maximum atomic E-state index is 11.9. The molecule has 2 heterocycles. The van der Waals surface area contributed by atoms with E-state index in [1.807, 2.05) is 31.2 Å². The van der Waals surface area contributed by atoms with Crippen molar-refractivity contribution in [3.8, 4) is 11.3 Å². The Bertz CT molecular complexity index is 638. The number of nitrogens with zero attached hydrogens (tertiary/aromatic N) is 1. The molecule has 1 atom stereocenters. The number of hydrogen-bond donors (Lipinski definition) is 2. The molecule has 1 unspecified atom stereocenters. The summed E-state index contributed by atoms with van der Waals surface area (Å²) in [6.07, 6.45) is 3.66. The molecule has 1 fully saturated rings. The number of carbonyl (C=O) groups excluding carboxylic acids is 1. The van der Waals surface area contributed by atoms with Crippen LogP contribution in [0.1, 0.15) is 24.3 Å². The van der Waals surface area contributed by atoms with Crippen LogP contribution >= 0.6 is 24.8 Å². The highest BCUT2D eigenvalue weighted by Gasteiger charge is 2.17. The van der Waals surface area contributed by atoms with Crippen molar-refractivity contribution < 1.29 is 9.21 Å². The van der Waals surface area contributed by atoms with Gasteiger partial charge in [0.1, 0.15) is 0 Å². The highest BCUT2D eigenvalue weighted by molar-refractivity contribution is 5.85. The molecule has 2 aromatic rings. The van der Waals surface area contributed by atoms with Crippen molar-refractivity contribution in [1.29, 1.82) is 0 Å². The zero-order chi connectivity index (χ0) is 15.4. The van der Waals surface area contributed by atoms with Gasteiger partial charge >= 0.3 is 0 Å². The Hall–Kier alpha value is -1.56. The first kappa shape index (κ1) is 20.5. The highest BCUT2D eigenvalue weighted by atomic mass is 35.5. The minimum Gasteiger partial charge on any atom is -0.441 e. The van der Waals surface area contributed by atoms with Gasteiger partial charge in [0.05, 0.1) is 6.20 Å². The molecule has 0 bridgehead atoms. The Kier molecular flexibility index (Phi) is 8.25. The van der Waals surface area contributed by atoms with Crippen LogP contribution in [-0.4, -0.2) is 30.0 Å². The number of nitrogens with one attached hydrogen (secondary N) is 2. The molecule has 1 aromatic heterocycles. The number of benzene rings is 1. The Morgan fingerprint density at radius 2 is 2.08 bits per heavy atom. The topological polar surface area (TPSA) is 67.2 Å². The van der Waals surface area contributed by atoms with E-state index in [1.165, 1.54) is 5.56 Å². The lowest BCUT2D eigenvalue weighted by molar-refractivity contribution is -0.121. The Morgan fingerprint density at radius 1 is 1.33 bits per heavy atom. The fourth-order valence-electron chi connectivity index (χ4n) is 2.58. The van der Waals surface area contributed by atoms with E-state index >= 15 is 0 Å². The van der Waals surface area contributed by atoms with Gasteiger partial charge in [-0.3, -0.25) is 4.79 Å². The molecule has 1 aromatic carbocycles. The Morgan fingerprint density at radius 3 is 2.75 bits per heavy atom. The molecule has 0 aliphatic carbocycles. The standard InChI is InChI=1S/C17H21N3O2.2ClH/c1-12-2-4-13(5-3-12)15-11-19-17(22-15)7-6-16(21)20-14-8-9-18-10-14;;/h2-5,11,14,18H,6-10H2,1H3,(H,20,21);2*1H. The van der Waals surface area contributed by atoms with Gasteiger partial charge in [-0.1, -0.05) is 29.8 Å². The van der Waals surface area contributed by atoms with E-state index < -0.39 is 0 Å². The highest BCUT2D eigenvalue weighted by Crippen LogP contribution is 2.21. The molecule has 1 saturated heterocycles. The van der Waals surface area contributed by atoms with Gasteiger partial charge in [0.15, 0.2) is 11.7 Å². The monoisotopic (exact) mass is 371 g/mol. The molecular weight excluding hydrogens is 349 g/mol. The second kappa shape index (κ2) is 9.67. The number of hydrogen-bond acceptors (Lipinski definition) is 4. The predicted molar refractivity (Wildman–Crippen MR) is 98.9 cm³/mol. The summed E-state index contributed by atoms with van der Waals surface area (Å²) in [6.45, 7) is 3.89. The zero-order valence-corrected chi connectivity index (χ0v) is 15.2. The lowest BCUT2D eigenvalue weighted by Gasteiger charge is -2.10. The first-order valence-electron chi connectivity index (χ1n) is 7.72. The third-order valence-corrected chi connectivity index (χ3v) is 3.88. The number of carbonyl (C=O) groups is 1. The molecule has 132 valence electrons. The smallest absolute Gasteiger partial charge is 0.220 e. The van der Waals surface area contributed by atoms with E-state index in [1.54, 1.807) is 6.20 Å². The molecule has 0 radical (unpaired) electrons. The van der Waals surface area contributed by atoms with E-state index in [9.17, 15) is 4.79 Å². The van der Waals surface area contributed by atoms with Crippen molar-refractivity contribution in [2.24, 2.45) is 0 Å². The van der Waals surface area contributed by atoms with Crippen LogP contribution in [0.4, 0.5) is 0 Å². The molecular formula is C17H23Cl2N3O2. The summed E-state index contributed by atoms with van der Waals surface area (Å²) in [5.41, 5.74) is 2.22. The number of rotatable bonds is 5. The minimum atomic E-state index is 0. The third-order valence-electron chi connectivity index (χ3n) is 3.88. The van der Waals surface area contributed by atoms with E-state index in [-0.39, 0.29) is 36.8 Å². The van der Waals surface area contributed by atoms with E-state index in [0.29, 0.717) is 18.7 Å². The first-order valence-corrected chi connectivity index (χ1v) is 7.72. The molecule has 1 aliphatic heterocycles. The molecule has 7 heteroatoms. The Labute approximate surface area is 154 Å². The molecule has 0 saturated carbocycles. The largest absolute Gasteiger partial charge is 0.441 e. The summed E-state index contributed by atoms with van der Waals surface area (Å²) in [4.78, 5) is 16.1. The molecule has 24 heavy (non-hydrogen) atoms. The van der Waals surface area contributed by atoms with Gasteiger partial charge in [0, 0.05) is 31.0 Å². The lowest BCUT2D eigenvalue weighted by Crippen LogP contribution is -2.36. The quantitative estimate of drug-likeness (QED) is 0.847. The van der Waals surface area contributed by atoms with Crippen LogP contribution in [0.3, 0.4) is 0 Å². The SMILES string of the molecule is Cc1ccc(-c2cnc(CCC(=O)NC3CCNC3)o2)cc1.Cl.Cl. The molecule has 5 nitrogen and oxygen atoms in total. The van der Waals surface area contributed by atoms with Crippen molar-refractivity contribution in [2.45, 2.75) is 32.2 Å². The van der Waals surface area contributed by atoms with Crippen molar-refractivity contribution in [1.82, 2.24) is 15.6 Å². The van der Waals surface area contributed by atoms with Crippen LogP contribution in [0.5, 0.6) is 0 Å². The van der Waals surface area contributed by atoms with Gasteiger partial charge < -0.3 is 15.1 Å². The first-order chi connectivity index (χ1) is 10.7. The fourth-order valence-corrected chi connectivity index (χ4v) is 2.58.